The van der Waals surface area contributed by atoms with Gasteiger partial charge in [0.05, 0.1) is 19.0 Å². The molecule has 0 radical (unpaired) electrons. The number of nitrogens with one attached hydrogen (secondary N) is 1. The van der Waals surface area contributed by atoms with Crippen LogP contribution in [0.1, 0.15) is 49.5 Å². The van der Waals surface area contributed by atoms with Crippen LogP contribution < -0.4 is 14.2 Å². The lowest BCUT2D eigenvalue weighted by molar-refractivity contribution is -0.00161. The van der Waals surface area contributed by atoms with Gasteiger partial charge < -0.3 is 19.1 Å². The molecule has 3 heterocycles. The lowest BCUT2D eigenvalue weighted by atomic mass is 9.81. The van der Waals surface area contributed by atoms with Crippen LogP contribution in [0, 0.1) is 0 Å². The zero-order valence-corrected chi connectivity index (χ0v) is 19.5. The van der Waals surface area contributed by atoms with Crippen molar-refractivity contribution < 1.29 is 19.0 Å². The van der Waals surface area contributed by atoms with Crippen LogP contribution >= 0.6 is 0 Å². The highest BCUT2D eigenvalue weighted by Gasteiger charge is 2.45. The fraction of sp³-hybridized carbons (Fsp3) is 0.385. The molecular weight excluding hydrogens is 418 g/mol. The third-order valence-corrected chi connectivity index (χ3v) is 6.28. The van der Waals surface area contributed by atoms with E-state index in [9.17, 15) is 4.79 Å². The summed E-state index contributed by atoms with van der Waals surface area (Å²) < 4.78 is 18.0. The Bertz CT molecular complexity index is 1190. The second-order valence-electron chi connectivity index (χ2n) is 9.62. The van der Waals surface area contributed by atoms with Crippen LogP contribution in [-0.2, 0) is 5.60 Å². The van der Waals surface area contributed by atoms with Gasteiger partial charge in [0.25, 0.3) is 5.91 Å². The molecule has 1 fully saturated rings. The summed E-state index contributed by atoms with van der Waals surface area (Å²) in [5.41, 5.74) is 2.86. The van der Waals surface area contributed by atoms with Gasteiger partial charge in [-0.05, 0) is 51.1 Å². The third kappa shape index (κ3) is 3.81. The predicted molar refractivity (Wildman–Crippen MR) is 125 cm³/mol. The molecule has 1 spiro atoms. The average molecular weight is 448 g/mol. The first-order valence-electron chi connectivity index (χ1n) is 11.3. The summed E-state index contributed by atoms with van der Waals surface area (Å²) in [5.74, 6) is 2.02. The number of rotatable bonds is 3. The maximum atomic E-state index is 13.3. The van der Waals surface area contributed by atoms with Crippen molar-refractivity contribution in [2.45, 2.75) is 44.8 Å². The molecule has 3 aromatic rings. The first kappa shape index (κ1) is 21.4. The minimum Gasteiger partial charge on any atom is -0.493 e. The van der Waals surface area contributed by atoms with Crippen molar-refractivity contribution in [1.29, 1.82) is 0 Å². The van der Waals surface area contributed by atoms with Gasteiger partial charge in [0.2, 0.25) is 0 Å². The van der Waals surface area contributed by atoms with Gasteiger partial charge >= 0.3 is 0 Å². The lowest BCUT2D eigenvalue weighted by Crippen LogP contribution is -2.48. The number of ether oxygens (including phenoxy) is 3. The summed E-state index contributed by atoms with van der Waals surface area (Å²) in [6.45, 7) is 7.12. The molecule has 2 aromatic carbocycles. The van der Waals surface area contributed by atoms with Gasteiger partial charge in [0.1, 0.15) is 17.0 Å². The van der Waals surface area contributed by atoms with Gasteiger partial charge in [-0.15, -0.1) is 0 Å². The molecule has 0 bridgehead atoms. The van der Waals surface area contributed by atoms with Crippen LogP contribution in [-0.4, -0.2) is 46.8 Å². The van der Waals surface area contributed by atoms with Crippen molar-refractivity contribution in [3.05, 3.63) is 59.8 Å². The number of fused-ring (bicyclic) bond motifs is 4. The summed E-state index contributed by atoms with van der Waals surface area (Å²) in [4.78, 5) is 15.2. The van der Waals surface area contributed by atoms with Crippen LogP contribution in [0.2, 0.25) is 0 Å². The van der Waals surface area contributed by atoms with Gasteiger partial charge in [-0.1, -0.05) is 12.1 Å². The summed E-state index contributed by atoms with van der Waals surface area (Å²) in [6, 6.07) is 13.4. The Hall–Kier alpha value is -3.48. The first-order valence-corrected chi connectivity index (χ1v) is 11.3. The smallest absolute Gasteiger partial charge is 0.253 e. The Kier molecular flexibility index (Phi) is 5.07. The Morgan fingerprint density at radius 1 is 1.12 bits per heavy atom. The van der Waals surface area contributed by atoms with E-state index in [1.165, 1.54) is 0 Å². The van der Waals surface area contributed by atoms with Crippen LogP contribution in [0.25, 0.3) is 11.3 Å². The Balaban J connectivity index is 1.35. The number of para-hydroxylation sites is 1. The number of H-pyrrole nitrogens is 1. The Morgan fingerprint density at radius 3 is 2.61 bits per heavy atom. The highest BCUT2D eigenvalue weighted by molar-refractivity contribution is 5.95. The number of hydrogen-bond acceptors (Lipinski definition) is 5. The predicted octanol–water partition coefficient (Wildman–Crippen LogP) is 4.79. The molecule has 0 aliphatic carbocycles. The van der Waals surface area contributed by atoms with Gasteiger partial charge in [0.15, 0.2) is 11.5 Å². The van der Waals surface area contributed by atoms with E-state index in [0.29, 0.717) is 43.0 Å². The van der Waals surface area contributed by atoms with E-state index in [-0.39, 0.29) is 11.5 Å². The summed E-state index contributed by atoms with van der Waals surface area (Å²) >= 11 is 0. The fourth-order valence-electron chi connectivity index (χ4n) is 4.70. The zero-order chi connectivity index (χ0) is 23.2. The summed E-state index contributed by atoms with van der Waals surface area (Å²) in [7, 11) is 1.59. The number of benzene rings is 2. The first-order chi connectivity index (χ1) is 15.8. The van der Waals surface area contributed by atoms with Crippen molar-refractivity contribution in [2.75, 3.05) is 20.2 Å². The fourth-order valence-corrected chi connectivity index (χ4v) is 4.70. The minimum atomic E-state index is -0.477. The molecule has 1 saturated heterocycles. The van der Waals surface area contributed by atoms with E-state index in [1.807, 2.05) is 62.2 Å². The molecule has 1 aromatic heterocycles. The molecule has 172 valence electrons. The number of aromatic nitrogens is 2. The number of carbonyl (C=O) groups is 1. The molecule has 2 aliphatic heterocycles. The van der Waals surface area contributed by atoms with Crippen LogP contribution in [0.3, 0.4) is 0 Å². The molecule has 0 saturated carbocycles. The van der Waals surface area contributed by atoms with E-state index >= 15 is 0 Å². The highest BCUT2D eigenvalue weighted by Crippen LogP contribution is 2.48. The van der Waals surface area contributed by atoms with Gasteiger partial charge in [-0.25, -0.2) is 0 Å². The molecular formula is C26H29N3O4. The standard InChI is InChI=1S/C26H29N3O4/c1-25(2,3)32-21-10-9-17(15-22(21)31-4)24(30)29-13-11-26(12-14-29)19-16-27-28-23(19)18-7-5-6-8-20(18)33-26/h5-10,15-16H,11-14H2,1-4H3,(H,27,28). The molecule has 0 unspecified atom stereocenters. The largest absolute Gasteiger partial charge is 0.493 e. The highest BCUT2D eigenvalue weighted by atomic mass is 16.5. The number of aromatic amines is 1. The second-order valence-corrected chi connectivity index (χ2v) is 9.62. The topological polar surface area (TPSA) is 76.7 Å². The monoisotopic (exact) mass is 447 g/mol. The molecule has 2 aliphatic rings. The number of carbonyl (C=O) groups excluding carboxylic acids is 1. The van der Waals surface area contributed by atoms with E-state index < -0.39 is 5.60 Å². The van der Waals surface area contributed by atoms with Gasteiger partial charge in [-0.2, -0.15) is 5.10 Å². The lowest BCUT2D eigenvalue weighted by Gasteiger charge is -2.44. The van der Waals surface area contributed by atoms with E-state index in [1.54, 1.807) is 19.2 Å². The van der Waals surface area contributed by atoms with Gasteiger partial charge in [-0.3, -0.25) is 9.89 Å². The van der Waals surface area contributed by atoms with E-state index in [2.05, 4.69) is 10.2 Å². The van der Waals surface area contributed by atoms with Gasteiger partial charge in [0, 0.05) is 42.6 Å². The summed E-state index contributed by atoms with van der Waals surface area (Å²) in [6.07, 6.45) is 3.26. The molecule has 7 nitrogen and oxygen atoms in total. The minimum absolute atomic E-state index is 0.0194. The zero-order valence-electron chi connectivity index (χ0n) is 19.5. The van der Waals surface area contributed by atoms with Crippen molar-refractivity contribution in [3.63, 3.8) is 0 Å². The van der Waals surface area contributed by atoms with Crippen LogP contribution in [0.4, 0.5) is 0 Å². The quantitative estimate of drug-likeness (QED) is 0.625. The van der Waals surface area contributed by atoms with E-state index in [4.69, 9.17) is 14.2 Å². The SMILES string of the molecule is COc1cc(C(=O)N2CCC3(CC2)Oc2ccccc2-c2[nH]ncc23)ccc1OC(C)(C)C. The number of hydrogen-bond donors (Lipinski definition) is 1. The Labute approximate surface area is 193 Å². The molecule has 33 heavy (non-hydrogen) atoms. The van der Waals surface area contributed by atoms with E-state index in [0.717, 1.165) is 22.6 Å². The number of methoxy groups -OCH3 is 1. The number of likely N-dealkylation sites (tertiary alicyclic amines) is 1. The number of amides is 1. The van der Waals surface area contributed by atoms with Crippen molar-refractivity contribution >= 4 is 5.91 Å². The molecule has 1 amide bonds. The number of piperidine rings is 1. The van der Waals surface area contributed by atoms with Crippen molar-refractivity contribution in [2.24, 2.45) is 0 Å². The van der Waals surface area contributed by atoms with Crippen molar-refractivity contribution in [3.8, 4) is 28.5 Å². The van der Waals surface area contributed by atoms with Crippen LogP contribution in [0.5, 0.6) is 17.2 Å². The number of nitrogens with zero attached hydrogens (tertiary/aromatic N) is 2. The van der Waals surface area contributed by atoms with Crippen LogP contribution in [0.15, 0.2) is 48.7 Å². The molecule has 5 rings (SSSR count). The molecule has 7 heteroatoms. The third-order valence-electron chi connectivity index (χ3n) is 6.28. The molecule has 1 N–H and O–H groups in total. The maximum Gasteiger partial charge on any atom is 0.253 e. The molecule has 0 atom stereocenters. The average Bonchev–Trinajstić information content (AvgIpc) is 3.30. The van der Waals surface area contributed by atoms with Crippen molar-refractivity contribution in [1.82, 2.24) is 15.1 Å². The maximum absolute atomic E-state index is 13.3. The Morgan fingerprint density at radius 2 is 1.88 bits per heavy atom. The summed E-state index contributed by atoms with van der Waals surface area (Å²) in [5, 5.41) is 7.44. The second kappa shape index (κ2) is 7.83. The normalized spacial score (nSPS) is 16.5.